The Labute approximate surface area is 149 Å². The Morgan fingerprint density at radius 2 is 1.85 bits per heavy atom. The minimum absolute atomic E-state index is 0.164. The Balaban J connectivity index is 1.75. The van der Waals surface area contributed by atoms with E-state index < -0.39 is 11.7 Å². The molecule has 1 N–H and O–H groups in total. The highest BCUT2D eigenvalue weighted by atomic mass is 19.4. The highest BCUT2D eigenvalue weighted by Crippen LogP contribution is 2.29. The van der Waals surface area contributed by atoms with E-state index in [1.165, 1.54) is 29.8 Å². The van der Waals surface area contributed by atoms with Crippen LogP contribution in [0, 0.1) is 6.92 Å². The Bertz CT molecular complexity index is 760. The zero-order valence-corrected chi connectivity index (χ0v) is 14.5. The summed E-state index contributed by atoms with van der Waals surface area (Å²) in [7, 11) is 0. The van der Waals surface area contributed by atoms with E-state index >= 15 is 0 Å². The molecule has 2 aromatic heterocycles. The molecule has 2 heterocycles. The van der Waals surface area contributed by atoms with E-state index in [1.54, 1.807) is 6.92 Å². The van der Waals surface area contributed by atoms with E-state index in [9.17, 15) is 18.0 Å². The number of hydrogen-bond donors (Lipinski definition) is 1. The third-order valence-electron chi connectivity index (χ3n) is 4.74. The first-order valence-corrected chi connectivity index (χ1v) is 8.75. The van der Waals surface area contributed by atoms with Crippen LogP contribution < -0.4 is 5.32 Å². The normalized spacial score (nSPS) is 16.3. The minimum Gasteiger partial charge on any atom is -0.349 e. The van der Waals surface area contributed by atoms with Gasteiger partial charge in [0.15, 0.2) is 5.82 Å². The highest BCUT2D eigenvalue weighted by Gasteiger charge is 2.31. The van der Waals surface area contributed by atoms with Gasteiger partial charge < -0.3 is 5.32 Å². The van der Waals surface area contributed by atoms with Crippen LogP contribution in [0.1, 0.15) is 60.1 Å². The molecule has 0 radical (unpaired) electrons. The molecule has 2 aromatic rings. The second kappa shape index (κ2) is 7.47. The summed E-state index contributed by atoms with van der Waals surface area (Å²) in [4.78, 5) is 16.4. The lowest BCUT2D eigenvalue weighted by molar-refractivity contribution is -0.137. The molecular weight excluding hydrogens is 345 g/mol. The number of alkyl halides is 3. The highest BCUT2D eigenvalue weighted by molar-refractivity contribution is 5.95. The number of hydrogen-bond acceptors (Lipinski definition) is 3. The maximum atomic E-state index is 12.6. The predicted octanol–water partition coefficient (Wildman–Crippen LogP) is 4.05. The molecule has 0 spiro atoms. The van der Waals surface area contributed by atoms with E-state index in [2.05, 4.69) is 15.4 Å². The molecule has 1 amide bonds. The van der Waals surface area contributed by atoms with Crippen molar-refractivity contribution in [2.75, 3.05) is 0 Å². The maximum absolute atomic E-state index is 12.6. The molecule has 1 aliphatic rings. The number of carbonyl (C=O) groups is 1. The minimum atomic E-state index is -4.44. The lowest BCUT2D eigenvalue weighted by atomic mass is 10.1. The number of halogens is 3. The molecule has 1 aliphatic carbocycles. The van der Waals surface area contributed by atoms with E-state index in [0.717, 1.165) is 37.9 Å². The van der Waals surface area contributed by atoms with Crippen molar-refractivity contribution in [3.8, 4) is 5.82 Å². The van der Waals surface area contributed by atoms with Crippen LogP contribution in [0.15, 0.2) is 24.5 Å². The first kappa shape index (κ1) is 18.4. The van der Waals surface area contributed by atoms with Crippen molar-refractivity contribution in [3.63, 3.8) is 0 Å². The van der Waals surface area contributed by atoms with Gasteiger partial charge in [-0.15, -0.1) is 0 Å². The lowest BCUT2D eigenvalue weighted by Gasteiger charge is -2.16. The smallest absolute Gasteiger partial charge is 0.349 e. The number of rotatable bonds is 3. The zero-order chi connectivity index (χ0) is 18.7. The summed E-state index contributed by atoms with van der Waals surface area (Å²) in [6.45, 7) is 1.70. The van der Waals surface area contributed by atoms with Crippen LogP contribution in [-0.4, -0.2) is 26.7 Å². The molecule has 5 nitrogen and oxygen atoms in total. The van der Waals surface area contributed by atoms with Crippen molar-refractivity contribution in [3.05, 3.63) is 41.3 Å². The van der Waals surface area contributed by atoms with Crippen LogP contribution in [0.25, 0.3) is 5.82 Å². The number of amides is 1. The van der Waals surface area contributed by atoms with E-state index in [-0.39, 0.29) is 17.8 Å². The van der Waals surface area contributed by atoms with Gasteiger partial charge in [-0.1, -0.05) is 25.7 Å². The van der Waals surface area contributed by atoms with Gasteiger partial charge in [-0.25, -0.2) is 9.67 Å². The largest absolute Gasteiger partial charge is 0.417 e. The van der Waals surface area contributed by atoms with Gasteiger partial charge in [0.05, 0.1) is 23.0 Å². The van der Waals surface area contributed by atoms with Gasteiger partial charge in [-0.3, -0.25) is 4.79 Å². The van der Waals surface area contributed by atoms with Gasteiger partial charge in [-0.2, -0.15) is 18.3 Å². The van der Waals surface area contributed by atoms with Gasteiger partial charge in [0.2, 0.25) is 0 Å². The van der Waals surface area contributed by atoms with E-state index in [4.69, 9.17) is 0 Å². The number of pyridine rings is 1. The molecule has 0 saturated heterocycles. The maximum Gasteiger partial charge on any atom is 0.417 e. The van der Waals surface area contributed by atoms with Crippen LogP contribution in [0.3, 0.4) is 0 Å². The molecule has 0 unspecified atom stereocenters. The van der Waals surface area contributed by atoms with Crippen LogP contribution in [0.5, 0.6) is 0 Å². The van der Waals surface area contributed by atoms with Crippen LogP contribution in [-0.2, 0) is 6.18 Å². The first-order valence-electron chi connectivity index (χ1n) is 8.75. The van der Waals surface area contributed by atoms with Crippen LogP contribution in [0.2, 0.25) is 0 Å². The van der Waals surface area contributed by atoms with Gasteiger partial charge in [0.25, 0.3) is 5.91 Å². The van der Waals surface area contributed by atoms with Crippen molar-refractivity contribution in [1.82, 2.24) is 20.1 Å². The summed E-state index contributed by atoms with van der Waals surface area (Å²) in [5.74, 6) is 0.0385. The number of nitrogens with one attached hydrogen (secondary N) is 1. The van der Waals surface area contributed by atoms with Gasteiger partial charge >= 0.3 is 6.18 Å². The fourth-order valence-corrected chi connectivity index (χ4v) is 3.23. The van der Waals surface area contributed by atoms with Gasteiger partial charge in [0.1, 0.15) is 0 Å². The molecule has 3 rings (SSSR count). The molecule has 26 heavy (non-hydrogen) atoms. The number of aromatic nitrogens is 3. The van der Waals surface area contributed by atoms with Crippen molar-refractivity contribution in [2.24, 2.45) is 0 Å². The summed E-state index contributed by atoms with van der Waals surface area (Å²) in [5, 5.41) is 7.17. The molecule has 1 saturated carbocycles. The second-order valence-corrected chi connectivity index (χ2v) is 6.62. The van der Waals surface area contributed by atoms with Crippen molar-refractivity contribution >= 4 is 5.91 Å². The van der Waals surface area contributed by atoms with Crippen molar-refractivity contribution < 1.29 is 18.0 Å². The Morgan fingerprint density at radius 3 is 2.42 bits per heavy atom. The first-order chi connectivity index (χ1) is 12.4. The molecule has 0 aliphatic heterocycles. The van der Waals surface area contributed by atoms with E-state index in [0.29, 0.717) is 11.3 Å². The van der Waals surface area contributed by atoms with E-state index in [1.807, 2.05) is 0 Å². The standard InChI is InChI=1S/C18H21F3N4O/c1-12-15(17(26)24-14-6-4-2-3-5-7-14)11-23-25(12)16-9-8-13(10-22-16)18(19,20)21/h8-11,14H,2-7H2,1H3,(H,24,26). The SMILES string of the molecule is Cc1c(C(=O)NC2CCCCCC2)cnn1-c1ccc(C(F)(F)F)cn1. The summed E-state index contributed by atoms with van der Waals surface area (Å²) in [6, 6.07) is 2.36. The molecule has 140 valence electrons. The summed E-state index contributed by atoms with van der Waals surface area (Å²) >= 11 is 0. The van der Waals surface area contributed by atoms with Crippen LogP contribution in [0.4, 0.5) is 13.2 Å². The summed E-state index contributed by atoms with van der Waals surface area (Å²) in [5.41, 5.74) is 0.136. The number of nitrogens with zero attached hydrogens (tertiary/aromatic N) is 3. The Morgan fingerprint density at radius 1 is 1.15 bits per heavy atom. The summed E-state index contributed by atoms with van der Waals surface area (Å²) in [6.07, 6.45) is 4.32. The topological polar surface area (TPSA) is 59.8 Å². The molecule has 8 heteroatoms. The average Bonchev–Trinajstić information content (AvgIpc) is 2.80. The molecule has 0 atom stereocenters. The average molecular weight is 366 g/mol. The fourth-order valence-electron chi connectivity index (χ4n) is 3.23. The third-order valence-corrected chi connectivity index (χ3v) is 4.74. The summed E-state index contributed by atoms with van der Waals surface area (Å²) < 4.78 is 39.3. The monoisotopic (exact) mass is 366 g/mol. The molecule has 0 aromatic carbocycles. The fraction of sp³-hybridized carbons (Fsp3) is 0.500. The van der Waals surface area contributed by atoms with Gasteiger partial charge in [0, 0.05) is 12.2 Å². The van der Waals surface area contributed by atoms with Crippen LogP contribution >= 0.6 is 0 Å². The molecule has 0 bridgehead atoms. The Kier molecular flexibility index (Phi) is 5.29. The molecule has 1 fully saturated rings. The second-order valence-electron chi connectivity index (χ2n) is 6.62. The predicted molar refractivity (Wildman–Crippen MR) is 90.1 cm³/mol. The van der Waals surface area contributed by atoms with Gasteiger partial charge in [-0.05, 0) is 31.9 Å². The molecular formula is C18H21F3N4O. The quantitative estimate of drug-likeness (QED) is 0.834. The van der Waals surface area contributed by atoms with Crippen molar-refractivity contribution in [1.29, 1.82) is 0 Å². The zero-order valence-electron chi connectivity index (χ0n) is 14.5. The third kappa shape index (κ3) is 4.05. The Hall–Kier alpha value is -2.38. The lowest BCUT2D eigenvalue weighted by Crippen LogP contribution is -2.34. The number of carbonyl (C=O) groups excluding carboxylic acids is 1. The van der Waals surface area contributed by atoms with Crippen molar-refractivity contribution in [2.45, 2.75) is 57.7 Å².